The number of fused-ring (bicyclic) bond motifs is 1. The topological polar surface area (TPSA) is 65.1 Å². The van der Waals surface area contributed by atoms with Gasteiger partial charge < -0.3 is 14.2 Å². The Labute approximate surface area is 231 Å². The van der Waals surface area contributed by atoms with Crippen molar-refractivity contribution >= 4 is 12.1 Å². The summed E-state index contributed by atoms with van der Waals surface area (Å²) < 4.78 is 17.6. The molecule has 4 rings (SSSR count). The fraction of sp³-hybridized carbons (Fsp3) is 0.394. The van der Waals surface area contributed by atoms with Crippen molar-refractivity contribution in [2.75, 3.05) is 6.61 Å². The number of hydrogen-bond acceptors (Lipinski definition) is 5. The van der Waals surface area contributed by atoms with E-state index >= 15 is 0 Å². The molecule has 0 N–H and O–H groups in total. The first kappa shape index (κ1) is 28.4. The van der Waals surface area contributed by atoms with Gasteiger partial charge in [-0.3, -0.25) is 4.90 Å². The summed E-state index contributed by atoms with van der Waals surface area (Å²) in [4.78, 5) is 28.2. The molecule has 0 aliphatic carbocycles. The van der Waals surface area contributed by atoms with Crippen molar-refractivity contribution in [2.45, 2.75) is 79.9 Å². The molecule has 1 aliphatic rings. The van der Waals surface area contributed by atoms with Crippen LogP contribution in [0.25, 0.3) is 11.1 Å². The Bertz CT molecular complexity index is 1340. The molecule has 6 heteroatoms. The maximum atomic E-state index is 13.4. The van der Waals surface area contributed by atoms with Crippen molar-refractivity contribution in [3.05, 3.63) is 93.5 Å². The minimum absolute atomic E-state index is 0.217. The van der Waals surface area contributed by atoms with Gasteiger partial charge in [-0.2, -0.15) is 0 Å². The number of amides is 1. The maximum absolute atomic E-state index is 13.4. The molecule has 0 saturated heterocycles. The molecule has 0 saturated carbocycles. The lowest BCUT2D eigenvalue weighted by Crippen LogP contribution is -2.30. The Balaban J connectivity index is 1.79. The number of ether oxygens (including phenoxy) is 3. The standard InChI is InChI=1S/C33H39NO5/c1-8-37-31(35)30(39-33(5,6)7)29-23(4)27-19-34(32(36)38-20-24-12-10-9-11-13-24)18-26(27)22(3)28(29)25-16-14-21(2)15-17-25/h9-17,30H,8,18-20H2,1-7H3. The van der Waals surface area contributed by atoms with Crippen LogP contribution in [0, 0.1) is 20.8 Å². The number of rotatable bonds is 7. The molecule has 0 bridgehead atoms. The zero-order valence-corrected chi connectivity index (χ0v) is 24.1. The Kier molecular flexibility index (Phi) is 8.45. The summed E-state index contributed by atoms with van der Waals surface area (Å²) in [6.07, 6.45) is -1.27. The Morgan fingerprint density at radius 2 is 1.49 bits per heavy atom. The van der Waals surface area contributed by atoms with Crippen LogP contribution in [0.4, 0.5) is 4.79 Å². The lowest BCUT2D eigenvalue weighted by molar-refractivity contribution is -0.166. The van der Waals surface area contributed by atoms with Gasteiger partial charge in [0.25, 0.3) is 0 Å². The first-order valence-electron chi connectivity index (χ1n) is 13.5. The van der Waals surface area contributed by atoms with E-state index < -0.39 is 17.7 Å². The van der Waals surface area contributed by atoms with Gasteiger partial charge >= 0.3 is 12.1 Å². The highest BCUT2D eigenvalue weighted by Crippen LogP contribution is 2.44. The number of carbonyl (C=O) groups excluding carboxylic acids is 2. The summed E-state index contributed by atoms with van der Waals surface area (Å²) in [6, 6.07) is 17.9. The second kappa shape index (κ2) is 11.6. The molecule has 3 aromatic carbocycles. The molecule has 3 aromatic rings. The largest absolute Gasteiger partial charge is 0.464 e. The summed E-state index contributed by atoms with van der Waals surface area (Å²) in [5, 5.41) is 0. The molecule has 1 unspecified atom stereocenters. The highest BCUT2D eigenvalue weighted by atomic mass is 16.6. The van der Waals surface area contributed by atoms with Crippen LogP contribution in [0.15, 0.2) is 54.6 Å². The summed E-state index contributed by atoms with van der Waals surface area (Å²) in [7, 11) is 0. The zero-order chi connectivity index (χ0) is 28.3. The van der Waals surface area contributed by atoms with Crippen LogP contribution in [0.3, 0.4) is 0 Å². The van der Waals surface area contributed by atoms with Crippen molar-refractivity contribution in [3.63, 3.8) is 0 Å². The van der Waals surface area contributed by atoms with Crippen molar-refractivity contribution in [1.29, 1.82) is 0 Å². The predicted octanol–water partition coefficient (Wildman–Crippen LogP) is 7.35. The molecule has 0 radical (unpaired) electrons. The minimum atomic E-state index is -0.913. The van der Waals surface area contributed by atoms with E-state index in [9.17, 15) is 9.59 Å². The van der Waals surface area contributed by atoms with Gasteiger partial charge in [-0.15, -0.1) is 0 Å². The average Bonchev–Trinajstić information content (AvgIpc) is 3.35. The molecule has 206 valence electrons. The van der Waals surface area contributed by atoms with E-state index in [0.29, 0.717) is 13.1 Å². The van der Waals surface area contributed by atoms with Gasteiger partial charge in [-0.1, -0.05) is 60.2 Å². The quantitative estimate of drug-likeness (QED) is 0.299. The summed E-state index contributed by atoms with van der Waals surface area (Å²) in [6.45, 7) is 15.1. The number of nitrogens with zero attached hydrogens (tertiary/aromatic N) is 1. The van der Waals surface area contributed by atoms with Crippen LogP contribution in [0.5, 0.6) is 0 Å². The summed E-state index contributed by atoms with van der Waals surface area (Å²) >= 11 is 0. The van der Waals surface area contributed by atoms with Crippen molar-refractivity contribution in [1.82, 2.24) is 4.90 Å². The molecule has 1 amide bonds. The average molecular weight is 530 g/mol. The Morgan fingerprint density at radius 1 is 0.872 bits per heavy atom. The van der Waals surface area contributed by atoms with Gasteiger partial charge in [0.15, 0.2) is 6.10 Å². The Hall–Kier alpha value is -3.64. The Morgan fingerprint density at radius 3 is 2.08 bits per heavy atom. The molecular weight excluding hydrogens is 490 g/mol. The SMILES string of the molecule is CCOC(=O)C(OC(C)(C)C)c1c(C)c2c(c(C)c1-c1ccc(C)cc1)CN(C(=O)OCc1ccccc1)C2. The van der Waals surface area contributed by atoms with E-state index in [4.69, 9.17) is 14.2 Å². The molecule has 0 aromatic heterocycles. The van der Waals surface area contributed by atoms with Gasteiger partial charge in [0.2, 0.25) is 0 Å². The van der Waals surface area contributed by atoms with Gasteiger partial charge in [-0.05, 0) is 87.4 Å². The van der Waals surface area contributed by atoms with E-state index in [2.05, 4.69) is 38.1 Å². The first-order chi connectivity index (χ1) is 18.5. The van der Waals surface area contributed by atoms with Crippen molar-refractivity contribution in [3.8, 4) is 11.1 Å². The number of benzene rings is 3. The lowest BCUT2D eigenvalue weighted by Gasteiger charge is -2.30. The van der Waals surface area contributed by atoms with Crippen LogP contribution < -0.4 is 0 Å². The number of aryl methyl sites for hydroxylation is 1. The van der Waals surface area contributed by atoms with Crippen LogP contribution in [0.2, 0.25) is 0 Å². The normalized spacial score (nSPS) is 13.7. The third kappa shape index (κ3) is 6.34. The molecule has 0 spiro atoms. The fourth-order valence-electron chi connectivity index (χ4n) is 5.18. The molecular formula is C33H39NO5. The van der Waals surface area contributed by atoms with Gasteiger partial charge in [0.1, 0.15) is 6.61 Å². The maximum Gasteiger partial charge on any atom is 0.410 e. The molecule has 0 fully saturated rings. The second-order valence-corrected chi connectivity index (χ2v) is 11.1. The summed E-state index contributed by atoms with van der Waals surface area (Å²) in [5.41, 5.74) is 8.32. The molecule has 6 nitrogen and oxygen atoms in total. The fourth-order valence-corrected chi connectivity index (χ4v) is 5.18. The van der Waals surface area contributed by atoms with Crippen LogP contribution in [-0.2, 0) is 38.7 Å². The molecule has 1 atom stereocenters. The molecule has 39 heavy (non-hydrogen) atoms. The van der Waals surface area contributed by atoms with E-state index in [-0.39, 0.29) is 19.3 Å². The van der Waals surface area contributed by atoms with Gasteiger partial charge in [0, 0.05) is 18.7 Å². The van der Waals surface area contributed by atoms with Crippen LogP contribution in [-0.4, -0.2) is 29.2 Å². The predicted molar refractivity (Wildman–Crippen MR) is 152 cm³/mol. The van der Waals surface area contributed by atoms with E-state index in [0.717, 1.165) is 50.1 Å². The van der Waals surface area contributed by atoms with Crippen molar-refractivity contribution < 1.29 is 23.8 Å². The monoisotopic (exact) mass is 529 g/mol. The third-order valence-electron chi connectivity index (χ3n) is 7.05. The number of hydrogen-bond donors (Lipinski definition) is 0. The molecule has 1 aliphatic heterocycles. The van der Waals surface area contributed by atoms with Crippen LogP contribution in [0.1, 0.15) is 72.7 Å². The zero-order valence-electron chi connectivity index (χ0n) is 24.1. The smallest absolute Gasteiger partial charge is 0.410 e. The van der Waals surface area contributed by atoms with Gasteiger partial charge in [-0.25, -0.2) is 9.59 Å². The van der Waals surface area contributed by atoms with Gasteiger partial charge in [0.05, 0.1) is 12.2 Å². The molecule has 1 heterocycles. The van der Waals surface area contributed by atoms with E-state index in [1.807, 2.05) is 58.0 Å². The first-order valence-corrected chi connectivity index (χ1v) is 13.5. The highest BCUT2D eigenvalue weighted by molar-refractivity contribution is 5.85. The minimum Gasteiger partial charge on any atom is -0.464 e. The van der Waals surface area contributed by atoms with Crippen LogP contribution >= 0.6 is 0 Å². The second-order valence-electron chi connectivity index (χ2n) is 11.1. The number of carbonyl (C=O) groups is 2. The van der Waals surface area contributed by atoms with E-state index in [1.165, 1.54) is 0 Å². The summed E-state index contributed by atoms with van der Waals surface area (Å²) in [5.74, 6) is -0.416. The lowest BCUT2D eigenvalue weighted by atomic mass is 9.83. The highest BCUT2D eigenvalue weighted by Gasteiger charge is 2.37. The van der Waals surface area contributed by atoms with Crippen molar-refractivity contribution in [2.24, 2.45) is 0 Å². The van der Waals surface area contributed by atoms with E-state index in [1.54, 1.807) is 11.8 Å². The number of esters is 1. The third-order valence-corrected chi connectivity index (χ3v) is 7.05.